The molecule has 0 aliphatic rings. The molecule has 2 aromatic carbocycles. The Morgan fingerprint density at radius 3 is 2.34 bits per heavy atom. The first kappa shape index (κ1) is 22.3. The zero-order chi connectivity index (χ0) is 20.9. The highest BCUT2D eigenvalue weighted by atomic mass is 19.1. The molecule has 0 saturated carbocycles. The Morgan fingerprint density at radius 2 is 1.66 bits per heavy atom. The predicted octanol–water partition coefficient (Wildman–Crippen LogP) is 3.41. The fraction of sp³-hybridized carbons (Fsp3) is 0.409. The Hall–Kier alpha value is -2.96. The number of benzene rings is 2. The molecule has 0 heterocycles. The second-order valence-electron chi connectivity index (χ2n) is 6.37. The zero-order valence-electron chi connectivity index (χ0n) is 17.3. The lowest BCUT2D eigenvalue weighted by Crippen LogP contribution is -2.38. The van der Waals surface area contributed by atoms with Gasteiger partial charge in [-0.1, -0.05) is 6.07 Å². The Bertz CT molecular complexity index is 766. The maximum Gasteiger partial charge on any atom is 0.190 e. The largest absolute Gasteiger partial charge is 0.494 e. The molecule has 0 spiro atoms. The Kier molecular flexibility index (Phi) is 9.62. The number of unbranched alkanes of at least 4 members (excludes halogenated alkanes) is 1. The van der Waals surface area contributed by atoms with E-state index in [2.05, 4.69) is 15.6 Å². The van der Waals surface area contributed by atoms with Crippen LogP contribution >= 0.6 is 0 Å². The van der Waals surface area contributed by atoms with Gasteiger partial charge in [-0.05, 0) is 61.2 Å². The molecule has 0 bridgehead atoms. The van der Waals surface area contributed by atoms with Gasteiger partial charge in [0, 0.05) is 20.1 Å². The molecule has 0 aliphatic heterocycles. The van der Waals surface area contributed by atoms with Crippen molar-refractivity contribution in [3.8, 4) is 17.2 Å². The van der Waals surface area contributed by atoms with E-state index in [0.717, 1.165) is 55.4 Å². The summed E-state index contributed by atoms with van der Waals surface area (Å²) in [5.74, 6) is 2.66. The summed E-state index contributed by atoms with van der Waals surface area (Å²) in [6.45, 7) is 2.14. The van der Waals surface area contributed by atoms with Crippen molar-refractivity contribution >= 4 is 5.96 Å². The second-order valence-corrected chi connectivity index (χ2v) is 6.37. The Balaban J connectivity index is 1.61. The lowest BCUT2D eigenvalue weighted by Gasteiger charge is -2.13. The summed E-state index contributed by atoms with van der Waals surface area (Å²) in [5.41, 5.74) is 1.16. The molecule has 0 fully saturated rings. The van der Waals surface area contributed by atoms with E-state index >= 15 is 0 Å². The van der Waals surface area contributed by atoms with Crippen LogP contribution in [0.3, 0.4) is 0 Å². The number of rotatable bonds is 11. The van der Waals surface area contributed by atoms with Crippen LogP contribution in [0.15, 0.2) is 47.5 Å². The number of ether oxygens (including phenoxy) is 3. The number of hydrogen-bond donors (Lipinski definition) is 2. The first-order valence-corrected chi connectivity index (χ1v) is 9.70. The molecule has 0 aromatic heterocycles. The van der Waals surface area contributed by atoms with Crippen LogP contribution in [0.4, 0.5) is 4.39 Å². The molecule has 0 radical (unpaired) electrons. The molecule has 2 aromatic rings. The topological polar surface area (TPSA) is 64.1 Å². The van der Waals surface area contributed by atoms with Gasteiger partial charge < -0.3 is 24.8 Å². The minimum absolute atomic E-state index is 0.258. The van der Waals surface area contributed by atoms with Gasteiger partial charge >= 0.3 is 0 Å². The molecular formula is C22H30FN3O3. The summed E-state index contributed by atoms with van der Waals surface area (Å²) in [7, 11) is 5.02. The highest BCUT2D eigenvalue weighted by Gasteiger charge is 2.05. The molecule has 158 valence electrons. The summed E-state index contributed by atoms with van der Waals surface area (Å²) in [6, 6.07) is 12.0. The standard InChI is InChI=1S/C22H30FN3O3/c1-24-22(25-13-4-5-15-29-19-9-7-18(23)8-10-19)26-14-12-17-6-11-20(27-2)21(16-17)28-3/h6-11,16H,4-5,12-15H2,1-3H3,(H2,24,25,26). The fourth-order valence-corrected chi connectivity index (χ4v) is 2.74. The molecule has 0 amide bonds. The van der Waals surface area contributed by atoms with Gasteiger partial charge in [-0.25, -0.2) is 4.39 Å². The van der Waals surface area contributed by atoms with Crippen LogP contribution in [0.1, 0.15) is 18.4 Å². The first-order valence-electron chi connectivity index (χ1n) is 9.70. The van der Waals surface area contributed by atoms with E-state index in [4.69, 9.17) is 14.2 Å². The second kappa shape index (κ2) is 12.5. The molecule has 0 aliphatic carbocycles. The average molecular weight is 403 g/mol. The van der Waals surface area contributed by atoms with Gasteiger partial charge in [-0.15, -0.1) is 0 Å². The van der Waals surface area contributed by atoms with Gasteiger partial charge in [-0.2, -0.15) is 0 Å². The number of nitrogens with one attached hydrogen (secondary N) is 2. The number of methoxy groups -OCH3 is 2. The molecule has 29 heavy (non-hydrogen) atoms. The van der Waals surface area contributed by atoms with Crippen molar-refractivity contribution in [3.63, 3.8) is 0 Å². The van der Waals surface area contributed by atoms with E-state index in [-0.39, 0.29) is 5.82 Å². The van der Waals surface area contributed by atoms with Crippen LogP contribution in [-0.2, 0) is 6.42 Å². The zero-order valence-corrected chi connectivity index (χ0v) is 17.3. The van der Waals surface area contributed by atoms with Crippen molar-refractivity contribution in [1.82, 2.24) is 10.6 Å². The SMILES string of the molecule is CN=C(NCCCCOc1ccc(F)cc1)NCCc1ccc(OC)c(OC)c1. The highest BCUT2D eigenvalue weighted by Crippen LogP contribution is 2.27. The number of aliphatic imine (C=N–C) groups is 1. The van der Waals surface area contributed by atoms with E-state index in [1.165, 1.54) is 12.1 Å². The van der Waals surface area contributed by atoms with Crippen molar-refractivity contribution < 1.29 is 18.6 Å². The van der Waals surface area contributed by atoms with Crippen LogP contribution in [0.2, 0.25) is 0 Å². The van der Waals surface area contributed by atoms with Gasteiger partial charge in [0.15, 0.2) is 17.5 Å². The van der Waals surface area contributed by atoms with Gasteiger partial charge in [0.2, 0.25) is 0 Å². The van der Waals surface area contributed by atoms with Crippen molar-refractivity contribution in [3.05, 3.63) is 53.8 Å². The van der Waals surface area contributed by atoms with E-state index in [0.29, 0.717) is 12.4 Å². The number of nitrogens with zero attached hydrogens (tertiary/aromatic N) is 1. The van der Waals surface area contributed by atoms with Gasteiger partial charge in [0.05, 0.1) is 20.8 Å². The monoisotopic (exact) mass is 403 g/mol. The third-order valence-electron chi connectivity index (χ3n) is 4.32. The van der Waals surface area contributed by atoms with E-state index in [1.807, 2.05) is 18.2 Å². The number of hydrogen-bond acceptors (Lipinski definition) is 4. The normalized spacial score (nSPS) is 11.1. The summed E-state index contributed by atoms with van der Waals surface area (Å²) in [6.07, 6.45) is 2.68. The Labute approximate surface area is 172 Å². The molecule has 6 nitrogen and oxygen atoms in total. The smallest absolute Gasteiger partial charge is 0.190 e. The number of guanidine groups is 1. The van der Waals surface area contributed by atoms with Crippen LogP contribution in [0, 0.1) is 5.82 Å². The molecule has 7 heteroatoms. The molecule has 2 rings (SSSR count). The lowest BCUT2D eigenvalue weighted by atomic mass is 10.1. The van der Waals surface area contributed by atoms with Gasteiger partial charge in [0.25, 0.3) is 0 Å². The lowest BCUT2D eigenvalue weighted by molar-refractivity contribution is 0.306. The first-order chi connectivity index (χ1) is 14.2. The molecule has 0 saturated heterocycles. The minimum Gasteiger partial charge on any atom is -0.494 e. The van der Waals surface area contributed by atoms with Crippen LogP contribution < -0.4 is 24.8 Å². The van der Waals surface area contributed by atoms with Crippen molar-refractivity contribution in [2.45, 2.75) is 19.3 Å². The highest BCUT2D eigenvalue weighted by molar-refractivity contribution is 5.79. The third kappa shape index (κ3) is 7.89. The average Bonchev–Trinajstić information content (AvgIpc) is 2.75. The maximum absolute atomic E-state index is 12.8. The summed E-state index contributed by atoms with van der Waals surface area (Å²) in [4.78, 5) is 4.24. The summed E-state index contributed by atoms with van der Waals surface area (Å²) < 4.78 is 29.0. The van der Waals surface area contributed by atoms with Gasteiger partial charge in [-0.3, -0.25) is 4.99 Å². The fourth-order valence-electron chi connectivity index (χ4n) is 2.74. The van der Waals surface area contributed by atoms with Crippen LogP contribution in [-0.4, -0.2) is 46.9 Å². The molecule has 0 unspecified atom stereocenters. The maximum atomic E-state index is 12.8. The van der Waals surface area contributed by atoms with Crippen LogP contribution in [0.25, 0.3) is 0 Å². The van der Waals surface area contributed by atoms with E-state index < -0.39 is 0 Å². The van der Waals surface area contributed by atoms with E-state index in [1.54, 1.807) is 33.4 Å². The molecule has 2 N–H and O–H groups in total. The Morgan fingerprint density at radius 1 is 0.931 bits per heavy atom. The number of halogens is 1. The minimum atomic E-state index is -0.258. The van der Waals surface area contributed by atoms with Crippen molar-refractivity contribution in [2.24, 2.45) is 4.99 Å². The molecular weight excluding hydrogens is 373 g/mol. The van der Waals surface area contributed by atoms with Crippen molar-refractivity contribution in [2.75, 3.05) is 41.0 Å². The quantitative estimate of drug-likeness (QED) is 0.342. The summed E-state index contributed by atoms with van der Waals surface area (Å²) in [5, 5.41) is 6.60. The third-order valence-corrected chi connectivity index (χ3v) is 4.32. The van der Waals surface area contributed by atoms with Gasteiger partial charge in [0.1, 0.15) is 11.6 Å². The van der Waals surface area contributed by atoms with E-state index in [9.17, 15) is 4.39 Å². The molecule has 0 atom stereocenters. The summed E-state index contributed by atoms with van der Waals surface area (Å²) >= 11 is 0. The van der Waals surface area contributed by atoms with Crippen molar-refractivity contribution in [1.29, 1.82) is 0 Å². The van der Waals surface area contributed by atoms with Crippen LogP contribution in [0.5, 0.6) is 17.2 Å². The predicted molar refractivity (Wildman–Crippen MR) is 114 cm³/mol.